The summed E-state index contributed by atoms with van der Waals surface area (Å²) in [5, 5.41) is 10.9. The van der Waals surface area contributed by atoms with Crippen molar-refractivity contribution in [2.45, 2.75) is 6.61 Å². The lowest BCUT2D eigenvalue weighted by Crippen LogP contribution is -2.06. The molecule has 21 heavy (non-hydrogen) atoms. The van der Waals surface area contributed by atoms with Crippen LogP contribution in [0.2, 0.25) is 0 Å². The highest BCUT2D eigenvalue weighted by Crippen LogP contribution is 2.27. The van der Waals surface area contributed by atoms with E-state index in [1.54, 1.807) is 0 Å². The molecule has 6 nitrogen and oxygen atoms in total. The molecule has 0 saturated carbocycles. The van der Waals surface area contributed by atoms with Gasteiger partial charge < -0.3 is 9.47 Å². The molecule has 0 unspecified atom stereocenters. The summed E-state index contributed by atoms with van der Waals surface area (Å²) in [4.78, 5) is 22.2. The summed E-state index contributed by atoms with van der Waals surface area (Å²) >= 11 is 0. The molecule has 6 heteroatoms. The van der Waals surface area contributed by atoms with Gasteiger partial charge in [0.15, 0.2) is 5.75 Å². The van der Waals surface area contributed by atoms with Crippen molar-refractivity contribution in [2.75, 3.05) is 7.11 Å². The minimum Gasteiger partial charge on any atom is -0.490 e. The molecule has 2 aromatic carbocycles. The van der Waals surface area contributed by atoms with E-state index in [4.69, 9.17) is 9.47 Å². The molecule has 2 rings (SSSR count). The smallest absolute Gasteiger partial charge is 0.338 e. The molecule has 0 aromatic heterocycles. The van der Waals surface area contributed by atoms with Crippen LogP contribution >= 0.6 is 0 Å². The van der Waals surface area contributed by atoms with E-state index in [1.165, 1.54) is 19.2 Å². The molecular weight excluding hydrogens is 274 g/mol. The normalized spacial score (nSPS) is 9.95. The lowest BCUT2D eigenvalue weighted by atomic mass is 10.2. The minimum atomic E-state index is -0.621. The summed E-state index contributed by atoms with van der Waals surface area (Å²) in [5.41, 5.74) is 0.680. The van der Waals surface area contributed by atoms with Crippen molar-refractivity contribution in [2.24, 2.45) is 0 Å². The average Bonchev–Trinajstić information content (AvgIpc) is 2.52. The molecule has 0 heterocycles. The van der Waals surface area contributed by atoms with Crippen LogP contribution < -0.4 is 4.74 Å². The molecule has 0 N–H and O–H groups in total. The molecule has 2 aromatic rings. The van der Waals surface area contributed by atoms with E-state index in [0.717, 1.165) is 11.6 Å². The molecule has 0 aliphatic rings. The molecule has 0 radical (unpaired) electrons. The van der Waals surface area contributed by atoms with E-state index in [-0.39, 0.29) is 23.6 Å². The second-order valence-corrected chi connectivity index (χ2v) is 4.21. The van der Waals surface area contributed by atoms with E-state index in [2.05, 4.69) is 0 Å². The fourth-order valence-corrected chi connectivity index (χ4v) is 1.77. The quantitative estimate of drug-likeness (QED) is 0.480. The number of nitro benzene ring substituents is 1. The average molecular weight is 287 g/mol. The monoisotopic (exact) mass is 287 g/mol. The third-order valence-corrected chi connectivity index (χ3v) is 2.82. The molecule has 108 valence electrons. The third-order valence-electron chi connectivity index (χ3n) is 2.82. The highest BCUT2D eigenvalue weighted by atomic mass is 16.6. The lowest BCUT2D eigenvalue weighted by Gasteiger charge is -2.06. The predicted molar refractivity (Wildman–Crippen MR) is 75.2 cm³/mol. The number of nitro groups is 1. The van der Waals surface area contributed by atoms with Crippen molar-refractivity contribution in [3.8, 4) is 5.75 Å². The molecule has 0 bridgehead atoms. The van der Waals surface area contributed by atoms with Crippen LogP contribution in [0.25, 0.3) is 0 Å². The van der Waals surface area contributed by atoms with Crippen LogP contribution in [0.1, 0.15) is 15.9 Å². The van der Waals surface area contributed by atoms with Crippen LogP contribution in [0.3, 0.4) is 0 Å². The Balaban J connectivity index is 2.12. The highest BCUT2D eigenvalue weighted by Gasteiger charge is 2.18. The number of methoxy groups -OCH3 is 1. The first-order valence-electron chi connectivity index (χ1n) is 6.15. The maximum atomic E-state index is 11.9. The van der Waals surface area contributed by atoms with E-state index in [0.29, 0.717) is 0 Å². The molecule has 0 amide bonds. The Morgan fingerprint density at radius 2 is 1.90 bits per heavy atom. The summed E-state index contributed by atoms with van der Waals surface area (Å²) < 4.78 is 10.00. The van der Waals surface area contributed by atoms with E-state index < -0.39 is 10.9 Å². The zero-order chi connectivity index (χ0) is 15.2. The van der Waals surface area contributed by atoms with E-state index in [9.17, 15) is 14.9 Å². The lowest BCUT2D eigenvalue weighted by molar-refractivity contribution is -0.385. The first-order chi connectivity index (χ1) is 10.1. The van der Waals surface area contributed by atoms with Crippen molar-refractivity contribution in [1.82, 2.24) is 0 Å². The van der Waals surface area contributed by atoms with Gasteiger partial charge in [-0.3, -0.25) is 10.1 Å². The SMILES string of the molecule is COc1ccc(C(=O)OCc2ccccc2)cc1[N+](=O)[O-]. The number of ether oxygens (including phenoxy) is 2. The van der Waals surface area contributed by atoms with Crippen LogP contribution in [0, 0.1) is 10.1 Å². The van der Waals surface area contributed by atoms with E-state index >= 15 is 0 Å². The van der Waals surface area contributed by atoms with Gasteiger partial charge in [-0.15, -0.1) is 0 Å². The summed E-state index contributed by atoms with van der Waals surface area (Å²) in [6.45, 7) is 0.111. The van der Waals surface area contributed by atoms with Gasteiger partial charge in [-0.05, 0) is 17.7 Å². The van der Waals surface area contributed by atoms with Crippen molar-refractivity contribution in [3.63, 3.8) is 0 Å². The number of benzene rings is 2. The predicted octanol–water partition coefficient (Wildman–Crippen LogP) is 2.96. The first kappa shape index (κ1) is 14.5. The van der Waals surface area contributed by atoms with Crippen molar-refractivity contribution < 1.29 is 19.2 Å². The number of hydrogen-bond acceptors (Lipinski definition) is 5. The molecular formula is C15H13NO5. The Labute approximate surface area is 121 Å². The molecule has 0 saturated heterocycles. The van der Waals surface area contributed by atoms with Crippen LogP contribution in [-0.2, 0) is 11.3 Å². The Morgan fingerprint density at radius 3 is 2.52 bits per heavy atom. The van der Waals surface area contributed by atoms with Gasteiger partial charge in [-0.25, -0.2) is 4.79 Å². The topological polar surface area (TPSA) is 78.7 Å². The summed E-state index contributed by atoms with van der Waals surface area (Å²) in [6.07, 6.45) is 0. The second-order valence-electron chi connectivity index (χ2n) is 4.21. The van der Waals surface area contributed by atoms with Gasteiger partial charge in [0.1, 0.15) is 6.61 Å². The van der Waals surface area contributed by atoms with Crippen molar-refractivity contribution >= 4 is 11.7 Å². The summed E-state index contributed by atoms with van der Waals surface area (Å²) in [7, 11) is 1.33. The standard InChI is InChI=1S/C15H13NO5/c1-20-14-8-7-12(9-13(14)16(18)19)15(17)21-10-11-5-3-2-4-6-11/h2-9H,10H2,1H3. The van der Waals surface area contributed by atoms with Crippen molar-refractivity contribution in [3.05, 3.63) is 69.8 Å². The number of nitrogens with zero attached hydrogens (tertiary/aromatic N) is 1. The van der Waals surface area contributed by atoms with Crippen LogP contribution in [-0.4, -0.2) is 18.0 Å². The number of carbonyl (C=O) groups is 1. The molecule has 0 atom stereocenters. The van der Waals surface area contributed by atoms with Crippen LogP contribution in [0.15, 0.2) is 48.5 Å². The fourth-order valence-electron chi connectivity index (χ4n) is 1.77. The zero-order valence-electron chi connectivity index (χ0n) is 11.3. The fraction of sp³-hybridized carbons (Fsp3) is 0.133. The van der Waals surface area contributed by atoms with Gasteiger partial charge in [0.05, 0.1) is 17.6 Å². The summed E-state index contributed by atoms with van der Waals surface area (Å²) in [6, 6.07) is 13.1. The Kier molecular flexibility index (Phi) is 4.50. The second kappa shape index (κ2) is 6.51. The van der Waals surface area contributed by atoms with Gasteiger partial charge in [0.2, 0.25) is 0 Å². The third kappa shape index (κ3) is 3.56. The number of carbonyl (C=O) groups excluding carboxylic acids is 1. The Bertz CT molecular complexity index is 654. The molecule has 0 aliphatic carbocycles. The maximum Gasteiger partial charge on any atom is 0.338 e. The number of rotatable bonds is 5. The van der Waals surface area contributed by atoms with Gasteiger partial charge in [0, 0.05) is 6.07 Å². The largest absolute Gasteiger partial charge is 0.490 e. The zero-order valence-corrected chi connectivity index (χ0v) is 11.3. The number of hydrogen-bond donors (Lipinski definition) is 0. The van der Waals surface area contributed by atoms with Crippen LogP contribution in [0.4, 0.5) is 5.69 Å². The van der Waals surface area contributed by atoms with E-state index in [1.807, 2.05) is 30.3 Å². The molecule has 0 fully saturated rings. The molecule has 0 aliphatic heterocycles. The van der Waals surface area contributed by atoms with Gasteiger partial charge in [-0.2, -0.15) is 0 Å². The minimum absolute atomic E-state index is 0.0969. The van der Waals surface area contributed by atoms with Crippen molar-refractivity contribution in [1.29, 1.82) is 0 Å². The Morgan fingerprint density at radius 1 is 1.19 bits per heavy atom. The van der Waals surface area contributed by atoms with Gasteiger partial charge in [0.25, 0.3) is 0 Å². The number of esters is 1. The summed E-state index contributed by atoms with van der Waals surface area (Å²) in [5.74, 6) is -0.524. The maximum absolute atomic E-state index is 11.9. The van der Waals surface area contributed by atoms with Gasteiger partial charge >= 0.3 is 11.7 Å². The first-order valence-corrected chi connectivity index (χ1v) is 6.15. The Hall–Kier alpha value is -2.89. The highest BCUT2D eigenvalue weighted by molar-refractivity contribution is 5.90. The molecule has 0 spiro atoms. The van der Waals surface area contributed by atoms with Crippen LogP contribution in [0.5, 0.6) is 5.75 Å². The van der Waals surface area contributed by atoms with Gasteiger partial charge in [-0.1, -0.05) is 30.3 Å².